The van der Waals surface area contributed by atoms with E-state index in [9.17, 15) is 4.39 Å². The summed E-state index contributed by atoms with van der Waals surface area (Å²) in [4.78, 5) is 0. The van der Waals surface area contributed by atoms with Crippen molar-refractivity contribution in [3.8, 4) is 5.69 Å². The van der Waals surface area contributed by atoms with Gasteiger partial charge in [0.1, 0.15) is 5.69 Å². The molecule has 78 valence electrons. The van der Waals surface area contributed by atoms with Gasteiger partial charge in [0.25, 0.3) is 0 Å². The van der Waals surface area contributed by atoms with Crippen LogP contribution in [0.25, 0.3) is 5.69 Å². The third-order valence-corrected chi connectivity index (χ3v) is 2.21. The van der Waals surface area contributed by atoms with Crippen molar-refractivity contribution in [2.75, 3.05) is 5.73 Å². The molecule has 0 fully saturated rings. The van der Waals surface area contributed by atoms with Crippen molar-refractivity contribution in [1.82, 2.24) is 9.78 Å². The summed E-state index contributed by atoms with van der Waals surface area (Å²) >= 11 is 0. The van der Waals surface area contributed by atoms with Crippen molar-refractivity contribution in [3.63, 3.8) is 0 Å². The lowest BCUT2D eigenvalue weighted by Gasteiger charge is -2.06. The van der Waals surface area contributed by atoms with Gasteiger partial charge in [-0.3, -0.25) is 0 Å². The van der Waals surface area contributed by atoms with Crippen molar-refractivity contribution >= 4 is 5.69 Å². The molecular formula is C11H12FN3. The first kappa shape index (κ1) is 9.71. The fourth-order valence-electron chi connectivity index (χ4n) is 1.57. The second-order valence-electron chi connectivity index (χ2n) is 3.55. The van der Waals surface area contributed by atoms with Gasteiger partial charge in [-0.25, -0.2) is 9.07 Å². The van der Waals surface area contributed by atoms with E-state index in [0.29, 0.717) is 11.4 Å². The third kappa shape index (κ3) is 1.70. The van der Waals surface area contributed by atoms with E-state index in [-0.39, 0.29) is 5.82 Å². The van der Waals surface area contributed by atoms with Gasteiger partial charge in [-0.05, 0) is 38.1 Å². The maximum atomic E-state index is 13.6. The molecule has 0 radical (unpaired) electrons. The van der Waals surface area contributed by atoms with Crippen LogP contribution in [0, 0.1) is 19.7 Å². The number of aryl methyl sites for hydroxylation is 2. The first-order valence-corrected chi connectivity index (χ1v) is 4.66. The van der Waals surface area contributed by atoms with E-state index >= 15 is 0 Å². The highest BCUT2D eigenvalue weighted by Crippen LogP contribution is 2.17. The topological polar surface area (TPSA) is 43.8 Å². The van der Waals surface area contributed by atoms with Crippen LogP contribution < -0.4 is 5.73 Å². The van der Waals surface area contributed by atoms with Gasteiger partial charge in [-0.15, -0.1) is 0 Å². The molecule has 0 atom stereocenters. The highest BCUT2D eigenvalue weighted by Gasteiger charge is 2.08. The molecule has 2 aromatic rings. The summed E-state index contributed by atoms with van der Waals surface area (Å²) in [5.74, 6) is -0.360. The minimum Gasteiger partial charge on any atom is -0.399 e. The number of nitrogens with zero attached hydrogens (tertiary/aromatic N) is 2. The summed E-state index contributed by atoms with van der Waals surface area (Å²) in [5, 5.41) is 4.21. The monoisotopic (exact) mass is 205 g/mol. The highest BCUT2D eigenvalue weighted by molar-refractivity contribution is 5.46. The van der Waals surface area contributed by atoms with Gasteiger partial charge in [0.15, 0.2) is 5.82 Å². The Morgan fingerprint density at radius 3 is 2.53 bits per heavy atom. The number of hydrogen-bond donors (Lipinski definition) is 1. The smallest absolute Gasteiger partial charge is 0.150 e. The molecule has 1 aromatic heterocycles. The first-order valence-electron chi connectivity index (χ1n) is 4.66. The molecule has 1 aromatic carbocycles. The van der Waals surface area contributed by atoms with Crippen LogP contribution in [0.5, 0.6) is 0 Å². The Morgan fingerprint density at radius 1 is 1.27 bits per heavy atom. The quantitative estimate of drug-likeness (QED) is 0.725. The van der Waals surface area contributed by atoms with Crippen LogP contribution in [0.15, 0.2) is 24.3 Å². The summed E-state index contributed by atoms with van der Waals surface area (Å²) < 4.78 is 15.2. The van der Waals surface area contributed by atoms with E-state index in [2.05, 4.69) is 5.10 Å². The number of aromatic nitrogens is 2. The predicted molar refractivity (Wildman–Crippen MR) is 57.4 cm³/mol. The largest absolute Gasteiger partial charge is 0.399 e. The molecule has 0 saturated heterocycles. The van der Waals surface area contributed by atoms with Gasteiger partial charge >= 0.3 is 0 Å². The summed E-state index contributed by atoms with van der Waals surface area (Å²) in [5.41, 5.74) is 8.08. The van der Waals surface area contributed by atoms with Crippen molar-refractivity contribution < 1.29 is 4.39 Å². The zero-order valence-corrected chi connectivity index (χ0v) is 8.66. The molecular weight excluding hydrogens is 193 g/mol. The SMILES string of the molecule is Cc1cc(C)n(-c2ccc(N)cc2F)n1. The number of rotatable bonds is 1. The predicted octanol–water partition coefficient (Wildman–Crippen LogP) is 2.21. The summed E-state index contributed by atoms with van der Waals surface area (Å²) in [6.07, 6.45) is 0. The Hall–Kier alpha value is -1.84. The molecule has 0 bridgehead atoms. The van der Waals surface area contributed by atoms with E-state index in [1.807, 2.05) is 19.9 Å². The lowest BCUT2D eigenvalue weighted by molar-refractivity contribution is 0.608. The zero-order chi connectivity index (χ0) is 11.0. The first-order chi connectivity index (χ1) is 7.08. The summed E-state index contributed by atoms with van der Waals surface area (Å²) in [6, 6.07) is 6.49. The molecule has 2 N–H and O–H groups in total. The van der Waals surface area contributed by atoms with Gasteiger partial charge in [-0.2, -0.15) is 5.10 Å². The number of benzene rings is 1. The molecule has 3 nitrogen and oxygen atoms in total. The Morgan fingerprint density at radius 2 is 2.00 bits per heavy atom. The maximum Gasteiger partial charge on any atom is 0.150 e. The van der Waals surface area contributed by atoms with E-state index in [1.165, 1.54) is 6.07 Å². The number of anilines is 1. The molecule has 15 heavy (non-hydrogen) atoms. The van der Waals surface area contributed by atoms with Crippen LogP contribution in [-0.4, -0.2) is 9.78 Å². The van der Waals surface area contributed by atoms with Crippen molar-refractivity contribution in [2.45, 2.75) is 13.8 Å². The molecule has 0 saturated carbocycles. The van der Waals surface area contributed by atoms with Crippen molar-refractivity contribution in [3.05, 3.63) is 41.5 Å². The van der Waals surface area contributed by atoms with Gasteiger partial charge in [0.2, 0.25) is 0 Å². The Kier molecular flexibility index (Phi) is 2.19. The van der Waals surface area contributed by atoms with Crippen LogP contribution >= 0.6 is 0 Å². The number of hydrogen-bond acceptors (Lipinski definition) is 2. The highest BCUT2D eigenvalue weighted by atomic mass is 19.1. The van der Waals surface area contributed by atoms with E-state index in [1.54, 1.807) is 16.8 Å². The Bertz CT molecular complexity index is 503. The van der Waals surface area contributed by atoms with Gasteiger partial charge in [-0.1, -0.05) is 0 Å². The van der Waals surface area contributed by atoms with Gasteiger partial charge in [0.05, 0.1) is 5.69 Å². The van der Waals surface area contributed by atoms with Crippen LogP contribution in [0.4, 0.5) is 10.1 Å². The fraction of sp³-hybridized carbons (Fsp3) is 0.182. The molecule has 4 heteroatoms. The molecule has 0 aliphatic carbocycles. The summed E-state index contributed by atoms with van der Waals surface area (Å²) in [6.45, 7) is 3.76. The third-order valence-electron chi connectivity index (χ3n) is 2.21. The van der Waals surface area contributed by atoms with E-state index in [4.69, 9.17) is 5.73 Å². The average Bonchev–Trinajstić information content (AvgIpc) is 2.45. The number of nitrogens with two attached hydrogens (primary N) is 1. The average molecular weight is 205 g/mol. The van der Waals surface area contributed by atoms with Crippen LogP contribution in [0.2, 0.25) is 0 Å². The maximum absolute atomic E-state index is 13.6. The van der Waals surface area contributed by atoms with Crippen molar-refractivity contribution in [2.24, 2.45) is 0 Å². The van der Waals surface area contributed by atoms with Crippen LogP contribution in [0.3, 0.4) is 0 Å². The van der Waals surface area contributed by atoms with Gasteiger partial charge < -0.3 is 5.73 Å². The minimum absolute atomic E-state index is 0.360. The lowest BCUT2D eigenvalue weighted by atomic mass is 10.2. The second-order valence-corrected chi connectivity index (χ2v) is 3.55. The second kappa shape index (κ2) is 3.38. The van der Waals surface area contributed by atoms with E-state index in [0.717, 1.165) is 11.4 Å². The normalized spacial score (nSPS) is 10.6. The molecule has 0 unspecified atom stereocenters. The van der Waals surface area contributed by atoms with Crippen LogP contribution in [-0.2, 0) is 0 Å². The molecule has 1 heterocycles. The molecule has 0 aliphatic rings. The van der Waals surface area contributed by atoms with Gasteiger partial charge in [0, 0.05) is 11.4 Å². The lowest BCUT2D eigenvalue weighted by Crippen LogP contribution is -2.02. The minimum atomic E-state index is -0.360. The molecule has 0 amide bonds. The summed E-state index contributed by atoms with van der Waals surface area (Å²) in [7, 11) is 0. The standard InChI is InChI=1S/C11H12FN3/c1-7-5-8(2)15(14-7)11-4-3-9(13)6-10(11)12/h3-6H,13H2,1-2H3. The Labute approximate surface area is 87.3 Å². The Balaban J connectivity index is 2.59. The van der Waals surface area contributed by atoms with E-state index < -0.39 is 0 Å². The number of halogens is 1. The fourth-order valence-corrected chi connectivity index (χ4v) is 1.57. The number of nitrogen functional groups attached to an aromatic ring is 1. The van der Waals surface area contributed by atoms with Crippen LogP contribution in [0.1, 0.15) is 11.4 Å². The molecule has 2 rings (SSSR count). The molecule has 0 spiro atoms. The van der Waals surface area contributed by atoms with Crippen molar-refractivity contribution in [1.29, 1.82) is 0 Å². The molecule has 0 aliphatic heterocycles. The zero-order valence-electron chi connectivity index (χ0n) is 8.66.